The average molecular weight is 242 g/mol. The Kier molecular flexibility index (Phi) is 2.30. The summed E-state index contributed by atoms with van der Waals surface area (Å²) in [5.41, 5.74) is 3.32. The zero-order chi connectivity index (χ0) is 12.0. The predicted molar refractivity (Wildman–Crippen MR) is 73.7 cm³/mol. The van der Waals surface area contributed by atoms with Crippen molar-refractivity contribution in [2.24, 2.45) is 0 Å². The monoisotopic (exact) mass is 241 g/mol. The van der Waals surface area contributed by atoms with Crippen molar-refractivity contribution in [1.29, 1.82) is 0 Å². The lowest BCUT2D eigenvalue weighted by Crippen LogP contribution is -1.88. The first-order chi connectivity index (χ1) is 8.15. The molecule has 0 N–H and O–H groups in total. The summed E-state index contributed by atoms with van der Waals surface area (Å²) in [4.78, 5) is 4.63. The zero-order valence-corrected chi connectivity index (χ0v) is 10.5. The third kappa shape index (κ3) is 1.67. The van der Waals surface area contributed by atoms with Gasteiger partial charge in [-0.1, -0.05) is 29.3 Å². The second-order valence-corrected chi connectivity index (χ2v) is 4.84. The second-order valence-electron chi connectivity index (χ2n) is 4.41. The number of halogens is 1. The first-order valence-corrected chi connectivity index (χ1v) is 5.99. The molecule has 0 bridgehead atoms. The highest BCUT2D eigenvalue weighted by molar-refractivity contribution is 6.31. The summed E-state index contributed by atoms with van der Waals surface area (Å²) in [5, 5.41) is 4.31. The van der Waals surface area contributed by atoms with Crippen molar-refractivity contribution in [1.82, 2.24) is 4.98 Å². The van der Waals surface area contributed by atoms with Crippen LogP contribution in [0.3, 0.4) is 0 Å². The largest absolute Gasteiger partial charge is 0.252 e. The maximum absolute atomic E-state index is 6.05. The van der Waals surface area contributed by atoms with Crippen LogP contribution in [-0.2, 0) is 0 Å². The van der Waals surface area contributed by atoms with Gasteiger partial charge in [0.1, 0.15) is 0 Å². The quantitative estimate of drug-likeness (QED) is 0.522. The zero-order valence-electron chi connectivity index (χ0n) is 9.79. The molecule has 0 unspecified atom stereocenters. The molecule has 17 heavy (non-hydrogen) atoms. The number of rotatable bonds is 0. The molecule has 0 fully saturated rings. The molecule has 0 aliphatic heterocycles. The van der Waals surface area contributed by atoms with Crippen molar-refractivity contribution < 1.29 is 0 Å². The summed E-state index contributed by atoms with van der Waals surface area (Å²) in [6.07, 6.45) is 0. The highest BCUT2D eigenvalue weighted by atomic mass is 35.5. The Morgan fingerprint density at radius 3 is 2.53 bits per heavy atom. The number of hydrogen-bond donors (Lipinski definition) is 0. The van der Waals surface area contributed by atoms with E-state index in [0.29, 0.717) is 0 Å². The molecule has 0 aliphatic rings. The molecule has 84 valence electrons. The van der Waals surface area contributed by atoms with Crippen LogP contribution < -0.4 is 0 Å². The van der Waals surface area contributed by atoms with E-state index in [1.165, 1.54) is 16.3 Å². The summed E-state index contributed by atoms with van der Waals surface area (Å²) >= 11 is 6.05. The van der Waals surface area contributed by atoms with E-state index in [0.717, 1.165) is 21.6 Å². The molecule has 0 spiro atoms. The average Bonchev–Trinajstić information content (AvgIpc) is 2.30. The Bertz CT molecular complexity index is 732. The van der Waals surface area contributed by atoms with Crippen molar-refractivity contribution in [2.75, 3.05) is 0 Å². The standard InChI is InChI=1S/C15H12ClN/c1-9-3-6-15-14(7-9)12-5-4-11(16)8-13(12)10(2)17-15/h3-8H,1-2H3. The maximum atomic E-state index is 6.05. The second kappa shape index (κ2) is 3.71. The van der Waals surface area contributed by atoms with Crippen LogP contribution in [0.25, 0.3) is 21.7 Å². The van der Waals surface area contributed by atoms with Gasteiger partial charge in [-0.05, 0) is 43.5 Å². The smallest absolute Gasteiger partial charge is 0.0711 e. The Hall–Kier alpha value is -1.60. The molecule has 0 saturated heterocycles. The highest BCUT2D eigenvalue weighted by Crippen LogP contribution is 2.28. The van der Waals surface area contributed by atoms with Gasteiger partial charge in [-0.25, -0.2) is 0 Å². The van der Waals surface area contributed by atoms with Crippen molar-refractivity contribution in [2.45, 2.75) is 13.8 Å². The normalized spacial score (nSPS) is 11.2. The third-order valence-corrected chi connectivity index (χ3v) is 3.34. The molecule has 3 aromatic rings. The van der Waals surface area contributed by atoms with E-state index in [-0.39, 0.29) is 0 Å². The SMILES string of the molecule is Cc1ccc2nc(C)c3cc(Cl)ccc3c2c1. The molecule has 0 radical (unpaired) electrons. The van der Waals surface area contributed by atoms with Crippen molar-refractivity contribution >= 4 is 33.3 Å². The third-order valence-electron chi connectivity index (χ3n) is 3.10. The van der Waals surface area contributed by atoms with E-state index in [9.17, 15) is 0 Å². The number of fused-ring (bicyclic) bond motifs is 3. The molecule has 3 rings (SSSR count). The van der Waals surface area contributed by atoms with Crippen LogP contribution in [0, 0.1) is 13.8 Å². The Balaban J connectivity index is 2.57. The van der Waals surface area contributed by atoms with Gasteiger partial charge in [0.25, 0.3) is 0 Å². The van der Waals surface area contributed by atoms with Crippen LogP contribution in [0.1, 0.15) is 11.3 Å². The van der Waals surface area contributed by atoms with Crippen molar-refractivity contribution in [3.05, 3.63) is 52.7 Å². The molecule has 1 nitrogen and oxygen atoms in total. The first-order valence-electron chi connectivity index (χ1n) is 5.61. The van der Waals surface area contributed by atoms with Gasteiger partial charge < -0.3 is 0 Å². The van der Waals surface area contributed by atoms with Crippen molar-refractivity contribution in [3.63, 3.8) is 0 Å². The summed E-state index contributed by atoms with van der Waals surface area (Å²) in [6, 6.07) is 12.3. The Morgan fingerprint density at radius 2 is 1.71 bits per heavy atom. The topological polar surface area (TPSA) is 12.9 Å². The summed E-state index contributed by atoms with van der Waals surface area (Å²) in [5.74, 6) is 0. The van der Waals surface area contributed by atoms with Crippen LogP contribution in [-0.4, -0.2) is 4.98 Å². The fourth-order valence-electron chi connectivity index (χ4n) is 2.25. The number of benzene rings is 2. The fourth-order valence-corrected chi connectivity index (χ4v) is 2.43. The number of hydrogen-bond acceptors (Lipinski definition) is 1. The van der Waals surface area contributed by atoms with Gasteiger partial charge in [0, 0.05) is 21.5 Å². The van der Waals surface area contributed by atoms with Gasteiger partial charge in [0.2, 0.25) is 0 Å². The van der Waals surface area contributed by atoms with E-state index in [1.807, 2.05) is 19.1 Å². The minimum absolute atomic E-state index is 0.759. The molecule has 2 heteroatoms. The molecular weight excluding hydrogens is 230 g/mol. The summed E-state index contributed by atoms with van der Waals surface area (Å²) in [6.45, 7) is 4.12. The van der Waals surface area contributed by atoms with Gasteiger partial charge in [0.05, 0.1) is 5.52 Å². The maximum Gasteiger partial charge on any atom is 0.0711 e. The van der Waals surface area contributed by atoms with E-state index in [4.69, 9.17) is 11.6 Å². The lowest BCUT2D eigenvalue weighted by molar-refractivity contribution is 1.29. The number of pyridine rings is 1. The van der Waals surface area contributed by atoms with E-state index in [1.54, 1.807) is 0 Å². The fraction of sp³-hybridized carbons (Fsp3) is 0.133. The van der Waals surface area contributed by atoms with Gasteiger partial charge in [-0.2, -0.15) is 0 Å². The van der Waals surface area contributed by atoms with Crippen LogP contribution in [0.4, 0.5) is 0 Å². The van der Waals surface area contributed by atoms with E-state index in [2.05, 4.69) is 36.2 Å². The van der Waals surface area contributed by atoms with Gasteiger partial charge in [0.15, 0.2) is 0 Å². The minimum atomic E-state index is 0.759. The summed E-state index contributed by atoms with van der Waals surface area (Å²) < 4.78 is 0. The predicted octanol–water partition coefficient (Wildman–Crippen LogP) is 4.66. The van der Waals surface area contributed by atoms with Crippen LogP contribution in [0.15, 0.2) is 36.4 Å². The molecule has 1 heterocycles. The number of aryl methyl sites for hydroxylation is 2. The molecule has 0 atom stereocenters. The lowest BCUT2D eigenvalue weighted by atomic mass is 10.0. The molecule has 2 aromatic carbocycles. The number of nitrogens with zero attached hydrogens (tertiary/aromatic N) is 1. The first kappa shape index (κ1) is 10.5. The summed E-state index contributed by atoms with van der Waals surface area (Å²) in [7, 11) is 0. The highest BCUT2D eigenvalue weighted by Gasteiger charge is 2.06. The van der Waals surface area contributed by atoms with Crippen LogP contribution in [0.2, 0.25) is 5.02 Å². The van der Waals surface area contributed by atoms with E-state index >= 15 is 0 Å². The number of aromatic nitrogens is 1. The van der Waals surface area contributed by atoms with E-state index < -0.39 is 0 Å². The molecule has 0 amide bonds. The Morgan fingerprint density at radius 1 is 0.882 bits per heavy atom. The van der Waals surface area contributed by atoms with Gasteiger partial charge >= 0.3 is 0 Å². The molecular formula is C15H12ClN. The minimum Gasteiger partial charge on any atom is -0.252 e. The lowest BCUT2D eigenvalue weighted by Gasteiger charge is -2.07. The molecule has 0 aliphatic carbocycles. The molecule has 1 aromatic heterocycles. The van der Waals surface area contributed by atoms with Crippen LogP contribution >= 0.6 is 11.6 Å². The van der Waals surface area contributed by atoms with Crippen LogP contribution in [0.5, 0.6) is 0 Å². The molecule has 0 saturated carbocycles. The van der Waals surface area contributed by atoms with Gasteiger partial charge in [-0.15, -0.1) is 0 Å². The van der Waals surface area contributed by atoms with Gasteiger partial charge in [-0.3, -0.25) is 4.98 Å². The Labute approximate surface area is 105 Å². The van der Waals surface area contributed by atoms with Crippen molar-refractivity contribution in [3.8, 4) is 0 Å².